The van der Waals surface area contributed by atoms with E-state index in [2.05, 4.69) is 29.6 Å². The van der Waals surface area contributed by atoms with Gasteiger partial charge < -0.3 is 10.1 Å². The maximum Gasteiger partial charge on any atom is 0.407 e. The molecule has 4 nitrogen and oxygen atoms in total. The first-order chi connectivity index (χ1) is 22.3. The molecule has 1 N–H and O–H groups in total. The number of amides is 1. The summed E-state index contributed by atoms with van der Waals surface area (Å²) in [5.74, 6) is -0.173. The molecule has 5 aromatic carbocycles. The molecule has 0 aliphatic heterocycles. The number of ether oxygens (including phenoxy) is 1. The molecule has 232 valence electrons. The molecule has 0 saturated heterocycles. The molecule has 0 bridgehead atoms. The molecule has 0 fully saturated rings. The Morgan fingerprint density at radius 1 is 0.761 bits per heavy atom. The van der Waals surface area contributed by atoms with Crippen molar-refractivity contribution in [2.75, 3.05) is 6.61 Å². The molecule has 0 spiro atoms. The fourth-order valence-electron chi connectivity index (χ4n) is 6.45. The van der Waals surface area contributed by atoms with E-state index in [-0.39, 0.29) is 24.2 Å². The summed E-state index contributed by atoms with van der Waals surface area (Å²) in [4.78, 5) is 26.0. The van der Waals surface area contributed by atoms with Gasteiger partial charge in [-0.05, 0) is 51.8 Å². The number of hydrogen-bond acceptors (Lipinski definition) is 3. The van der Waals surface area contributed by atoms with Crippen LogP contribution in [-0.4, -0.2) is 24.5 Å². The number of carbonyl (C=O) groups is 2. The van der Waals surface area contributed by atoms with Crippen molar-refractivity contribution in [1.29, 1.82) is 0 Å². The normalized spacial score (nSPS) is 13.2. The Bertz CT molecular complexity index is 1770. The van der Waals surface area contributed by atoms with Crippen LogP contribution >= 0.6 is 23.2 Å². The number of alkyl halides is 1. The van der Waals surface area contributed by atoms with Gasteiger partial charge in [-0.25, -0.2) is 4.79 Å². The fourth-order valence-corrected chi connectivity index (χ4v) is 7.23. The zero-order valence-corrected chi connectivity index (χ0v) is 27.3. The molecule has 6 rings (SSSR count). The average molecular weight is 649 g/mol. The van der Waals surface area contributed by atoms with Gasteiger partial charge in [0.15, 0.2) is 5.78 Å². The monoisotopic (exact) mass is 647 g/mol. The number of fused-ring (bicyclic) bond motifs is 3. The molecule has 0 saturated carbocycles. The van der Waals surface area contributed by atoms with E-state index < -0.39 is 17.0 Å². The van der Waals surface area contributed by atoms with Gasteiger partial charge in [-0.1, -0.05) is 147 Å². The zero-order chi connectivity index (χ0) is 32.3. The first-order valence-electron chi connectivity index (χ1n) is 15.5. The number of carbonyl (C=O) groups excluding carboxylic acids is 2. The topological polar surface area (TPSA) is 55.4 Å². The minimum Gasteiger partial charge on any atom is -0.449 e. The van der Waals surface area contributed by atoms with E-state index in [1.165, 1.54) is 0 Å². The predicted molar refractivity (Wildman–Crippen MR) is 186 cm³/mol. The lowest BCUT2D eigenvalue weighted by Gasteiger charge is -2.30. The van der Waals surface area contributed by atoms with Crippen LogP contribution in [-0.2, 0) is 9.61 Å². The van der Waals surface area contributed by atoms with Crippen LogP contribution in [0.25, 0.3) is 11.1 Å². The first-order valence-corrected chi connectivity index (χ1v) is 16.3. The molecule has 5 aromatic rings. The minimum atomic E-state index is -1.07. The molecule has 6 heteroatoms. The third-order valence-corrected chi connectivity index (χ3v) is 9.58. The van der Waals surface area contributed by atoms with Crippen molar-refractivity contribution in [3.05, 3.63) is 166 Å². The number of alkyl carbamates (subject to hydrolysis) is 1. The standard InChI is InChI=1S/C40H35Cl2NO3/c1-26(2)23-37(43-39(45)46-25-34-32-19-11-9-17-30(32)31-18-10-12-20-33(31)34)38(44)27-21-22-35(36(41)24-27)40(42,28-13-5-3-6-14-28)29-15-7-4-8-16-29/h3-22,24,26,34,37H,23,25H2,1-2H3,(H,43,45)/t37-/m0/s1. The fraction of sp³-hybridized carbons (Fsp3) is 0.200. The van der Waals surface area contributed by atoms with Crippen molar-refractivity contribution < 1.29 is 14.3 Å². The lowest BCUT2D eigenvalue weighted by atomic mass is 9.83. The van der Waals surface area contributed by atoms with E-state index in [0.717, 1.165) is 33.4 Å². The Morgan fingerprint density at radius 2 is 1.28 bits per heavy atom. The maximum atomic E-state index is 13.9. The molecule has 0 heterocycles. The molecule has 0 radical (unpaired) electrons. The SMILES string of the molecule is CC(C)C[C@H](NC(=O)OCC1c2ccccc2-c2ccccc21)C(=O)c1ccc(C(Cl)(c2ccccc2)c2ccccc2)c(Cl)c1. The van der Waals surface area contributed by atoms with Crippen molar-refractivity contribution in [1.82, 2.24) is 5.32 Å². The summed E-state index contributed by atoms with van der Waals surface area (Å²) in [6.45, 7) is 4.19. The number of halogens is 2. The quantitative estimate of drug-likeness (QED) is 0.0932. The van der Waals surface area contributed by atoms with E-state index in [1.54, 1.807) is 12.1 Å². The summed E-state index contributed by atoms with van der Waals surface area (Å²) >= 11 is 14.4. The van der Waals surface area contributed by atoms with E-state index in [1.807, 2.05) is 105 Å². The molecule has 1 aliphatic rings. The predicted octanol–water partition coefficient (Wildman–Crippen LogP) is 10.0. The lowest BCUT2D eigenvalue weighted by Crippen LogP contribution is -2.42. The largest absolute Gasteiger partial charge is 0.449 e. The van der Waals surface area contributed by atoms with Crippen LogP contribution in [0.2, 0.25) is 5.02 Å². The van der Waals surface area contributed by atoms with Crippen molar-refractivity contribution in [3.63, 3.8) is 0 Å². The molecule has 1 aliphatic carbocycles. The Morgan fingerprint density at radius 3 is 1.80 bits per heavy atom. The van der Waals surface area contributed by atoms with Gasteiger partial charge in [0.25, 0.3) is 0 Å². The molecule has 46 heavy (non-hydrogen) atoms. The van der Waals surface area contributed by atoms with Gasteiger partial charge in [0, 0.05) is 22.1 Å². The summed E-state index contributed by atoms with van der Waals surface area (Å²) < 4.78 is 5.78. The van der Waals surface area contributed by atoms with Gasteiger partial charge in [-0.3, -0.25) is 4.79 Å². The average Bonchev–Trinajstić information content (AvgIpc) is 3.40. The third-order valence-electron chi connectivity index (χ3n) is 8.63. The van der Waals surface area contributed by atoms with E-state index >= 15 is 0 Å². The summed E-state index contributed by atoms with van der Waals surface area (Å²) in [5.41, 5.74) is 7.33. The second-order valence-corrected chi connectivity index (χ2v) is 13.1. The second-order valence-electron chi connectivity index (χ2n) is 12.1. The number of rotatable bonds is 10. The summed E-state index contributed by atoms with van der Waals surface area (Å²) in [6.07, 6.45) is -0.188. The van der Waals surface area contributed by atoms with Crippen molar-refractivity contribution in [3.8, 4) is 11.1 Å². The summed E-state index contributed by atoms with van der Waals surface area (Å²) in [6, 6.07) is 40.3. The number of hydrogen-bond donors (Lipinski definition) is 1. The van der Waals surface area contributed by atoms with Crippen LogP contribution in [0.1, 0.15) is 64.4 Å². The summed E-state index contributed by atoms with van der Waals surface area (Å²) in [5, 5.41) is 3.21. The Hall–Kier alpha value is -4.38. The first kappa shape index (κ1) is 31.6. The van der Waals surface area contributed by atoms with Gasteiger partial charge in [0.2, 0.25) is 0 Å². The number of nitrogens with one attached hydrogen (secondary N) is 1. The molecular weight excluding hydrogens is 613 g/mol. The second kappa shape index (κ2) is 13.5. The Balaban J connectivity index is 1.22. The van der Waals surface area contributed by atoms with Gasteiger partial charge >= 0.3 is 6.09 Å². The highest BCUT2D eigenvalue weighted by atomic mass is 35.5. The number of Topliss-reactive ketones (excluding diaryl/α,β-unsaturated/α-hetero) is 1. The number of ketones is 1. The van der Waals surface area contributed by atoms with Gasteiger partial charge in [-0.15, -0.1) is 11.6 Å². The van der Waals surface area contributed by atoms with Crippen LogP contribution in [0, 0.1) is 5.92 Å². The highest BCUT2D eigenvalue weighted by molar-refractivity contribution is 6.35. The Kier molecular flexibility index (Phi) is 9.30. The van der Waals surface area contributed by atoms with E-state index in [0.29, 0.717) is 22.6 Å². The number of benzene rings is 5. The van der Waals surface area contributed by atoms with Gasteiger partial charge in [0.05, 0.1) is 6.04 Å². The molecule has 1 atom stereocenters. The third kappa shape index (κ3) is 6.20. The van der Waals surface area contributed by atoms with Crippen LogP contribution in [0.15, 0.2) is 127 Å². The maximum absolute atomic E-state index is 13.9. The minimum absolute atomic E-state index is 0.0752. The Labute approximate surface area is 280 Å². The highest BCUT2D eigenvalue weighted by Gasteiger charge is 2.36. The van der Waals surface area contributed by atoms with Crippen molar-refractivity contribution >= 4 is 35.1 Å². The van der Waals surface area contributed by atoms with Crippen molar-refractivity contribution in [2.24, 2.45) is 5.92 Å². The van der Waals surface area contributed by atoms with E-state index in [9.17, 15) is 9.59 Å². The zero-order valence-electron chi connectivity index (χ0n) is 25.8. The van der Waals surface area contributed by atoms with Crippen LogP contribution < -0.4 is 5.32 Å². The van der Waals surface area contributed by atoms with Gasteiger partial charge in [-0.2, -0.15) is 0 Å². The lowest BCUT2D eigenvalue weighted by molar-refractivity contribution is 0.0905. The molecule has 0 unspecified atom stereocenters. The highest BCUT2D eigenvalue weighted by Crippen LogP contribution is 2.46. The molecule has 0 aromatic heterocycles. The van der Waals surface area contributed by atoms with Crippen LogP contribution in [0.4, 0.5) is 4.79 Å². The van der Waals surface area contributed by atoms with Gasteiger partial charge in [0.1, 0.15) is 11.5 Å². The molecular formula is C40H35Cl2NO3. The van der Waals surface area contributed by atoms with Crippen LogP contribution in [0.5, 0.6) is 0 Å². The van der Waals surface area contributed by atoms with E-state index in [4.69, 9.17) is 27.9 Å². The smallest absolute Gasteiger partial charge is 0.407 e. The molecule has 1 amide bonds. The summed E-state index contributed by atoms with van der Waals surface area (Å²) in [7, 11) is 0. The van der Waals surface area contributed by atoms with Crippen LogP contribution in [0.3, 0.4) is 0 Å². The van der Waals surface area contributed by atoms with Crippen molar-refractivity contribution in [2.45, 2.75) is 37.1 Å².